The Labute approximate surface area is 94.6 Å². The number of benzene rings is 2. The van der Waals surface area contributed by atoms with Crippen LogP contribution in [0.4, 0.5) is 0 Å². The summed E-state index contributed by atoms with van der Waals surface area (Å²) in [5, 5.41) is 11.3. The second-order valence-electron chi connectivity index (χ2n) is 3.23. The number of hydrogen-bond donors (Lipinski definition) is 2. The molecule has 15 heavy (non-hydrogen) atoms. The van der Waals surface area contributed by atoms with E-state index in [1.54, 1.807) is 6.07 Å². The van der Waals surface area contributed by atoms with E-state index in [1.165, 1.54) is 6.07 Å². The van der Waals surface area contributed by atoms with E-state index >= 15 is 0 Å². The summed E-state index contributed by atoms with van der Waals surface area (Å²) in [6.45, 7) is 0. The number of fused-ring (bicyclic) bond motifs is 1. The van der Waals surface area contributed by atoms with Crippen LogP contribution in [0.3, 0.4) is 0 Å². The summed E-state index contributed by atoms with van der Waals surface area (Å²) >= 11 is 3.33. The number of carbonyl (C=O) groups is 1. The minimum Gasteiger partial charge on any atom is -0.507 e. The predicted octanol–water partition coefficient (Wildman–Crippen LogP) is 2.41. The zero-order chi connectivity index (χ0) is 11.0. The highest BCUT2D eigenvalue weighted by Crippen LogP contribution is 2.26. The second kappa shape index (κ2) is 3.55. The van der Waals surface area contributed by atoms with Crippen LogP contribution >= 0.6 is 15.9 Å². The summed E-state index contributed by atoms with van der Waals surface area (Å²) in [5.74, 6) is -0.716. The Kier molecular flexibility index (Phi) is 2.36. The molecule has 0 radical (unpaired) electrons. The molecule has 2 aromatic carbocycles. The fraction of sp³-hybridized carbons (Fsp3) is 0. The fourth-order valence-electron chi connectivity index (χ4n) is 1.45. The van der Waals surface area contributed by atoms with Gasteiger partial charge >= 0.3 is 0 Å². The minimum atomic E-state index is -0.630. The molecule has 0 aliphatic carbocycles. The number of halogens is 1. The van der Waals surface area contributed by atoms with E-state index in [2.05, 4.69) is 15.9 Å². The van der Waals surface area contributed by atoms with Crippen molar-refractivity contribution in [3.63, 3.8) is 0 Å². The van der Waals surface area contributed by atoms with Crippen molar-refractivity contribution in [2.45, 2.75) is 0 Å². The van der Waals surface area contributed by atoms with E-state index in [-0.39, 0.29) is 11.3 Å². The average molecular weight is 266 g/mol. The first kappa shape index (κ1) is 9.98. The van der Waals surface area contributed by atoms with Gasteiger partial charge in [-0.15, -0.1) is 0 Å². The molecule has 0 atom stereocenters. The van der Waals surface area contributed by atoms with Gasteiger partial charge in [0.15, 0.2) is 0 Å². The molecule has 0 unspecified atom stereocenters. The van der Waals surface area contributed by atoms with Gasteiger partial charge in [-0.05, 0) is 35.0 Å². The number of amides is 1. The van der Waals surface area contributed by atoms with E-state index in [0.29, 0.717) is 0 Å². The molecule has 0 spiro atoms. The lowest BCUT2D eigenvalue weighted by atomic mass is 10.1. The lowest BCUT2D eigenvalue weighted by molar-refractivity contribution is 0.0998. The average Bonchev–Trinajstić information content (AvgIpc) is 2.17. The molecule has 2 aromatic rings. The van der Waals surface area contributed by atoms with Crippen molar-refractivity contribution >= 4 is 32.6 Å². The molecular weight excluding hydrogens is 258 g/mol. The van der Waals surface area contributed by atoms with E-state index in [0.717, 1.165) is 15.2 Å². The van der Waals surface area contributed by atoms with Gasteiger partial charge in [0, 0.05) is 4.47 Å². The quantitative estimate of drug-likeness (QED) is 0.832. The first-order valence-corrected chi connectivity index (χ1v) is 5.09. The Balaban J connectivity index is 2.77. The molecule has 0 saturated heterocycles. The van der Waals surface area contributed by atoms with Gasteiger partial charge < -0.3 is 10.8 Å². The highest BCUT2D eigenvalue weighted by molar-refractivity contribution is 9.10. The number of aromatic hydroxyl groups is 1. The molecule has 0 aliphatic heterocycles. The maximum atomic E-state index is 11.0. The Hall–Kier alpha value is -1.55. The number of carbonyl (C=O) groups excluding carboxylic acids is 1. The third-order valence-corrected chi connectivity index (χ3v) is 2.68. The molecule has 0 aromatic heterocycles. The van der Waals surface area contributed by atoms with Gasteiger partial charge in [-0.1, -0.05) is 22.0 Å². The van der Waals surface area contributed by atoms with Crippen LogP contribution in [-0.4, -0.2) is 11.0 Å². The number of hydrogen-bond acceptors (Lipinski definition) is 2. The van der Waals surface area contributed by atoms with Crippen molar-refractivity contribution in [3.8, 4) is 5.75 Å². The monoisotopic (exact) mass is 265 g/mol. The molecule has 0 fully saturated rings. The number of primary amides is 1. The molecule has 0 saturated carbocycles. The van der Waals surface area contributed by atoms with E-state index < -0.39 is 5.91 Å². The van der Waals surface area contributed by atoms with Crippen LogP contribution in [0.5, 0.6) is 5.75 Å². The number of nitrogens with two attached hydrogens (primary N) is 1. The van der Waals surface area contributed by atoms with Crippen molar-refractivity contribution in [3.05, 3.63) is 40.4 Å². The van der Waals surface area contributed by atoms with Crippen LogP contribution < -0.4 is 5.73 Å². The summed E-state index contributed by atoms with van der Waals surface area (Å²) in [4.78, 5) is 11.0. The maximum absolute atomic E-state index is 11.0. The maximum Gasteiger partial charge on any atom is 0.252 e. The number of rotatable bonds is 1. The summed E-state index contributed by atoms with van der Waals surface area (Å²) in [6.07, 6.45) is 0. The van der Waals surface area contributed by atoms with Crippen molar-refractivity contribution in [1.82, 2.24) is 0 Å². The summed E-state index contributed by atoms with van der Waals surface area (Å²) in [5.41, 5.74) is 5.27. The normalized spacial score (nSPS) is 10.5. The molecular formula is C11H8BrNO2. The second-order valence-corrected chi connectivity index (χ2v) is 4.14. The lowest BCUT2D eigenvalue weighted by Crippen LogP contribution is -2.10. The molecule has 0 heterocycles. The topological polar surface area (TPSA) is 63.3 Å². The Morgan fingerprint density at radius 1 is 1.20 bits per heavy atom. The third-order valence-electron chi connectivity index (χ3n) is 2.18. The molecule has 2 rings (SSSR count). The fourth-order valence-corrected chi connectivity index (χ4v) is 1.83. The van der Waals surface area contributed by atoms with E-state index in [1.807, 2.05) is 18.2 Å². The van der Waals surface area contributed by atoms with Gasteiger partial charge in [-0.2, -0.15) is 0 Å². The Bertz CT molecular complexity index is 552. The zero-order valence-electron chi connectivity index (χ0n) is 7.70. The zero-order valence-corrected chi connectivity index (χ0v) is 9.28. The molecule has 4 heteroatoms. The van der Waals surface area contributed by atoms with Gasteiger partial charge in [-0.25, -0.2) is 0 Å². The molecule has 0 bridgehead atoms. The van der Waals surface area contributed by atoms with Crippen molar-refractivity contribution in [1.29, 1.82) is 0 Å². The largest absolute Gasteiger partial charge is 0.507 e. The first-order valence-electron chi connectivity index (χ1n) is 4.30. The Morgan fingerprint density at radius 3 is 2.60 bits per heavy atom. The first-order chi connectivity index (χ1) is 7.08. The lowest BCUT2D eigenvalue weighted by Gasteiger charge is -2.04. The number of phenols is 1. The van der Waals surface area contributed by atoms with Crippen LogP contribution in [0.25, 0.3) is 10.8 Å². The predicted molar refractivity (Wildman–Crippen MR) is 61.8 cm³/mol. The molecule has 3 nitrogen and oxygen atoms in total. The summed E-state index contributed by atoms with van der Waals surface area (Å²) < 4.78 is 0.913. The minimum absolute atomic E-state index is 0.0858. The van der Waals surface area contributed by atoms with Crippen LogP contribution in [0.1, 0.15) is 10.4 Å². The highest BCUT2D eigenvalue weighted by atomic mass is 79.9. The van der Waals surface area contributed by atoms with Gasteiger partial charge in [0.2, 0.25) is 0 Å². The van der Waals surface area contributed by atoms with Crippen LogP contribution in [-0.2, 0) is 0 Å². The highest BCUT2D eigenvalue weighted by Gasteiger charge is 2.08. The van der Waals surface area contributed by atoms with Crippen LogP contribution in [0.2, 0.25) is 0 Å². The van der Waals surface area contributed by atoms with Crippen LogP contribution in [0, 0.1) is 0 Å². The SMILES string of the molecule is NC(=O)c1cc2cc(Br)ccc2cc1O. The van der Waals surface area contributed by atoms with Crippen molar-refractivity contribution in [2.75, 3.05) is 0 Å². The van der Waals surface area contributed by atoms with Gasteiger partial charge in [-0.3, -0.25) is 4.79 Å². The summed E-state index contributed by atoms with van der Waals surface area (Å²) in [6, 6.07) is 8.69. The standard InChI is InChI=1S/C11H8BrNO2/c12-8-2-1-6-5-10(14)9(11(13)15)4-7(6)3-8/h1-5,14H,(H2,13,15). The third kappa shape index (κ3) is 1.80. The van der Waals surface area contributed by atoms with Gasteiger partial charge in [0.05, 0.1) is 5.56 Å². The Morgan fingerprint density at radius 2 is 1.93 bits per heavy atom. The van der Waals surface area contributed by atoms with E-state index in [9.17, 15) is 9.90 Å². The molecule has 0 aliphatic rings. The van der Waals surface area contributed by atoms with Gasteiger partial charge in [0.1, 0.15) is 5.75 Å². The molecule has 76 valence electrons. The molecule has 1 amide bonds. The summed E-state index contributed by atoms with van der Waals surface area (Å²) in [7, 11) is 0. The van der Waals surface area contributed by atoms with Crippen molar-refractivity contribution in [2.24, 2.45) is 5.73 Å². The van der Waals surface area contributed by atoms with Gasteiger partial charge in [0.25, 0.3) is 5.91 Å². The van der Waals surface area contributed by atoms with Crippen molar-refractivity contribution < 1.29 is 9.90 Å². The smallest absolute Gasteiger partial charge is 0.252 e. The van der Waals surface area contributed by atoms with E-state index in [4.69, 9.17) is 5.73 Å². The molecule has 3 N–H and O–H groups in total. The van der Waals surface area contributed by atoms with Crippen LogP contribution in [0.15, 0.2) is 34.8 Å².